The number of amides is 1. The lowest BCUT2D eigenvalue weighted by atomic mass is 9.96. The van der Waals surface area contributed by atoms with Crippen molar-refractivity contribution in [3.8, 4) is 11.1 Å². The Morgan fingerprint density at radius 3 is 2.69 bits per heavy atom. The molecule has 1 aliphatic rings. The quantitative estimate of drug-likeness (QED) is 0.627. The molecule has 4 rings (SSSR count). The zero-order valence-corrected chi connectivity index (χ0v) is 14.6. The number of nitrogens with zero attached hydrogens (tertiary/aromatic N) is 2. The van der Waals surface area contributed by atoms with Gasteiger partial charge in [0.25, 0.3) is 0 Å². The van der Waals surface area contributed by atoms with Crippen molar-refractivity contribution in [1.82, 2.24) is 9.97 Å². The Morgan fingerprint density at radius 1 is 1.15 bits per heavy atom. The largest absolute Gasteiger partial charge is 0.398 e. The topological polar surface area (TPSA) is 107 Å². The number of rotatable bonds is 4. The van der Waals surface area contributed by atoms with Crippen molar-refractivity contribution in [3.05, 3.63) is 42.4 Å². The van der Waals surface area contributed by atoms with Crippen molar-refractivity contribution in [2.45, 2.75) is 26.2 Å². The highest BCUT2D eigenvalue weighted by atomic mass is 16.2. The second kappa shape index (κ2) is 6.29. The van der Waals surface area contributed by atoms with Gasteiger partial charge in [-0.05, 0) is 54.0 Å². The molecule has 0 atom stereocenters. The van der Waals surface area contributed by atoms with Crippen molar-refractivity contribution < 1.29 is 4.79 Å². The Hall–Kier alpha value is -3.15. The lowest BCUT2D eigenvalue weighted by molar-refractivity contribution is -0.117. The van der Waals surface area contributed by atoms with E-state index in [0.717, 1.165) is 46.7 Å². The van der Waals surface area contributed by atoms with Gasteiger partial charge in [0.1, 0.15) is 5.82 Å². The molecule has 6 nitrogen and oxygen atoms in total. The molecule has 5 N–H and O–H groups in total. The fraction of sp³-hybridized carbons (Fsp3) is 0.250. The number of nitrogen functional groups attached to an aromatic ring is 2. The van der Waals surface area contributed by atoms with E-state index < -0.39 is 0 Å². The van der Waals surface area contributed by atoms with Gasteiger partial charge in [-0.2, -0.15) is 0 Å². The number of carbonyl (C=O) groups excluding carboxylic acids is 1. The molecule has 132 valence electrons. The van der Waals surface area contributed by atoms with Gasteiger partial charge in [0, 0.05) is 34.9 Å². The van der Waals surface area contributed by atoms with Gasteiger partial charge in [0.05, 0.1) is 11.9 Å². The van der Waals surface area contributed by atoms with Crippen LogP contribution in [0.4, 0.5) is 17.2 Å². The summed E-state index contributed by atoms with van der Waals surface area (Å²) < 4.78 is 0. The highest BCUT2D eigenvalue weighted by Gasteiger charge is 2.29. The van der Waals surface area contributed by atoms with Crippen LogP contribution < -0.4 is 16.8 Å². The summed E-state index contributed by atoms with van der Waals surface area (Å²) in [4.78, 5) is 20.5. The van der Waals surface area contributed by atoms with Gasteiger partial charge in [-0.1, -0.05) is 6.92 Å². The number of aromatic nitrogens is 2. The Morgan fingerprint density at radius 2 is 1.96 bits per heavy atom. The monoisotopic (exact) mass is 347 g/mol. The number of carbonyl (C=O) groups is 1. The van der Waals surface area contributed by atoms with Crippen LogP contribution in [-0.4, -0.2) is 15.9 Å². The van der Waals surface area contributed by atoms with Crippen molar-refractivity contribution in [2.75, 3.05) is 16.8 Å². The molecule has 1 fully saturated rings. The number of anilines is 3. The second-order valence-electron chi connectivity index (χ2n) is 6.73. The van der Waals surface area contributed by atoms with Crippen LogP contribution in [0.3, 0.4) is 0 Å². The molecule has 1 aliphatic carbocycles. The van der Waals surface area contributed by atoms with E-state index >= 15 is 0 Å². The molecule has 3 aromatic rings. The maximum atomic E-state index is 12.0. The Bertz CT molecular complexity index is 1010. The Labute approximate surface area is 151 Å². The van der Waals surface area contributed by atoms with Gasteiger partial charge in [-0.15, -0.1) is 0 Å². The van der Waals surface area contributed by atoms with Gasteiger partial charge in [0.2, 0.25) is 5.91 Å². The third kappa shape index (κ3) is 2.94. The second-order valence-corrected chi connectivity index (χ2v) is 6.73. The molecule has 1 saturated carbocycles. The first kappa shape index (κ1) is 16.3. The zero-order chi connectivity index (χ0) is 18.3. The fourth-order valence-corrected chi connectivity index (χ4v) is 3.23. The van der Waals surface area contributed by atoms with Crippen LogP contribution in [0.15, 0.2) is 36.8 Å². The molecule has 0 radical (unpaired) electrons. The smallest absolute Gasteiger partial charge is 0.228 e. The van der Waals surface area contributed by atoms with E-state index in [0.29, 0.717) is 17.2 Å². The van der Waals surface area contributed by atoms with E-state index in [-0.39, 0.29) is 11.8 Å². The Kier molecular flexibility index (Phi) is 3.95. The first-order valence-electron chi connectivity index (χ1n) is 8.79. The van der Waals surface area contributed by atoms with E-state index in [1.165, 1.54) is 0 Å². The van der Waals surface area contributed by atoms with Gasteiger partial charge >= 0.3 is 0 Å². The van der Waals surface area contributed by atoms with Crippen LogP contribution in [-0.2, 0) is 11.2 Å². The molecule has 1 amide bonds. The Balaban J connectivity index is 1.79. The molecule has 0 saturated heterocycles. The summed E-state index contributed by atoms with van der Waals surface area (Å²) in [6, 6.07) is 5.82. The number of fused-ring (bicyclic) bond motifs is 1. The summed E-state index contributed by atoms with van der Waals surface area (Å²) in [6.45, 7) is 2.06. The number of pyridine rings is 2. The van der Waals surface area contributed by atoms with Crippen LogP contribution in [0, 0.1) is 5.92 Å². The summed E-state index contributed by atoms with van der Waals surface area (Å²) in [5.41, 5.74) is 16.6. The molecule has 2 heterocycles. The maximum absolute atomic E-state index is 12.0. The molecular formula is C20H21N5O. The molecule has 0 bridgehead atoms. The van der Waals surface area contributed by atoms with Gasteiger partial charge < -0.3 is 16.8 Å². The van der Waals surface area contributed by atoms with Crippen LogP contribution in [0.5, 0.6) is 0 Å². The third-order valence-electron chi connectivity index (χ3n) is 4.82. The minimum absolute atomic E-state index is 0.0364. The number of hydrogen-bond acceptors (Lipinski definition) is 5. The van der Waals surface area contributed by atoms with Gasteiger partial charge in [-0.3, -0.25) is 9.78 Å². The van der Waals surface area contributed by atoms with E-state index in [2.05, 4.69) is 22.2 Å². The van der Waals surface area contributed by atoms with Crippen LogP contribution in [0.1, 0.15) is 25.3 Å². The third-order valence-corrected chi connectivity index (χ3v) is 4.82. The first-order chi connectivity index (χ1) is 12.6. The molecular weight excluding hydrogens is 326 g/mol. The van der Waals surface area contributed by atoms with E-state index in [1.54, 1.807) is 12.4 Å². The number of nitrogens with one attached hydrogen (secondary N) is 1. The lowest BCUT2D eigenvalue weighted by Crippen LogP contribution is -2.14. The standard InChI is InChI=1S/C20H21N5O/c1-2-14-15(8-23-10-18(14)22)12-5-13-7-19(25-20(26)11-3-4-11)24-9-16(13)17(21)6-12/h5-11H,2-4,21-22H2,1H3,(H,24,25,26). The predicted molar refractivity (Wildman–Crippen MR) is 105 cm³/mol. The van der Waals surface area contributed by atoms with Crippen molar-refractivity contribution in [2.24, 2.45) is 5.92 Å². The number of nitrogens with two attached hydrogens (primary N) is 2. The SMILES string of the molecule is CCc1c(N)cncc1-c1cc(N)c2cnc(NC(=O)C3CC3)cc2c1. The summed E-state index contributed by atoms with van der Waals surface area (Å²) in [5, 5.41) is 4.66. The van der Waals surface area contributed by atoms with Crippen molar-refractivity contribution in [1.29, 1.82) is 0 Å². The predicted octanol–water partition coefficient (Wildman–Crippen LogP) is 3.37. The van der Waals surface area contributed by atoms with Crippen LogP contribution in [0.25, 0.3) is 21.9 Å². The number of hydrogen-bond donors (Lipinski definition) is 3. The molecule has 0 unspecified atom stereocenters. The van der Waals surface area contributed by atoms with E-state index in [1.807, 2.05) is 24.4 Å². The minimum Gasteiger partial charge on any atom is -0.398 e. The van der Waals surface area contributed by atoms with E-state index in [4.69, 9.17) is 11.5 Å². The fourth-order valence-electron chi connectivity index (χ4n) is 3.23. The highest BCUT2D eigenvalue weighted by molar-refractivity contribution is 6.00. The van der Waals surface area contributed by atoms with Crippen LogP contribution in [0.2, 0.25) is 0 Å². The normalized spacial score (nSPS) is 13.7. The highest BCUT2D eigenvalue weighted by Crippen LogP contribution is 2.34. The molecule has 0 aliphatic heterocycles. The summed E-state index contributed by atoms with van der Waals surface area (Å²) >= 11 is 0. The summed E-state index contributed by atoms with van der Waals surface area (Å²) in [5.74, 6) is 0.719. The molecule has 6 heteroatoms. The summed E-state index contributed by atoms with van der Waals surface area (Å²) in [7, 11) is 0. The van der Waals surface area contributed by atoms with Gasteiger partial charge in [-0.25, -0.2) is 4.98 Å². The van der Waals surface area contributed by atoms with Gasteiger partial charge in [0.15, 0.2) is 0 Å². The molecule has 0 spiro atoms. The molecule has 1 aromatic carbocycles. The van der Waals surface area contributed by atoms with Crippen LogP contribution >= 0.6 is 0 Å². The lowest BCUT2D eigenvalue weighted by Gasteiger charge is -2.13. The average Bonchev–Trinajstić information content (AvgIpc) is 3.46. The van der Waals surface area contributed by atoms with Crippen molar-refractivity contribution >= 4 is 33.9 Å². The maximum Gasteiger partial charge on any atom is 0.228 e. The zero-order valence-electron chi connectivity index (χ0n) is 14.6. The average molecular weight is 347 g/mol. The minimum atomic E-state index is 0.0364. The van der Waals surface area contributed by atoms with Crippen molar-refractivity contribution in [3.63, 3.8) is 0 Å². The number of benzene rings is 1. The summed E-state index contributed by atoms with van der Waals surface area (Å²) in [6.07, 6.45) is 7.91. The molecule has 2 aromatic heterocycles. The first-order valence-corrected chi connectivity index (χ1v) is 8.79. The molecule has 26 heavy (non-hydrogen) atoms. The van der Waals surface area contributed by atoms with E-state index in [9.17, 15) is 4.79 Å².